The number of carbonyl (C=O) groups excluding carboxylic acids is 3. The lowest BCUT2D eigenvalue weighted by atomic mass is 9.59. The number of carboxylic acids is 1. The molecule has 0 aromatic carbocycles. The van der Waals surface area contributed by atoms with Crippen molar-refractivity contribution in [3.05, 3.63) is 23.3 Å². The first-order chi connectivity index (χ1) is 23.4. The highest BCUT2D eigenvalue weighted by molar-refractivity contribution is 8.00. The number of esters is 1. The number of Topliss-reactive ketones (excluding diaryl/α,β-unsaturated/α-hetero) is 2. The van der Waals surface area contributed by atoms with E-state index in [1.807, 2.05) is 6.92 Å². The normalized spacial score (nSPS) is 37.0. The topological polar surface area (TPSA) is 118 Å². The van der Waals surface area contributed by atoms with Gasteiger partial charge in [-0.3, -0.25) is 19.2 Å². The summed E-state index contributed by atoms with van der Waals surface area (Å²) in [5.74, 6) is 3.41. The molecule has 49 heavy (non-hydrogen) atoms. The Morgan fingerprint density at radius 2 is 1.31 bits per heavy atom. The average molecular weight is 719 g/mol. The average Bonchev–Trinajstić information content (AvgIpc) is 3.59. The van der Waals surface area contributed by atoms with Gasteiger partial charge in [-0.2, -0.15) is 23.5 Å². The van der Waals surface area contributed by atoms with Gasteiger partial charge >= 0.3 is 11.9 Å². The summed E-state index contributed by atoms with van der Waals surface area (Å²) in [4.78, 5) is 46.9. The van der Waals surface area contributed by atoms with Crippen LogP contribution in [0.1, 0.15) is 130 Å². The van der Waals surface area contributed by atoms with E-state index in [1.165, 1.54) is 42.2 Å². The highest BCUT2D eigenvalue weighted by atomic mass is 32.2. The number of hydrogen-bond donors (Lipinski definition) is 2. The van der Waals surface area contributed by atoms with Crippen LogP contribution in [0.4, 0.5) is 0 Å². The largest absolute Gasteiger partial charge is 0.481 e. The first-order valence-electron chi connectivity index (χ1n) is 19.1. The van der Waals surface area contributed by atoms with Crippen LogP contribution in [0.15, 0.2) is 23.3 Å². The van der Waals surface area contributed by atoms with Crippen LogP contribution in [0.3, 0.4) is 0 Å². The molecule has 0 spiro atoms. The molecule has 2 N–H and O–H groups in total. The fourth-order valence-electron chi connectivity index (χ4n) is 9.99. The Morgan fingerprint density at radius 3 is 1.86 bits per heavy atom. The van der Waals surface area contributed by atoms with Gasteiger partial charge < -0.3 is 14.9 Å². The number of hydrogen-bond acceptors (Lipinski definition) is 8. The predicted molar refractivity (Wildman–Crippen MR) is 200 cm³/mol. The van der Waals surface area contributed by atoms with Gasteiger partial charge in [0, 0.05) is 37.0 Å². The summed E-state index contributed by atoms with van der Waals surface area (Å²) in [5.41, 5.74) is 2.99. The molecule has 9 heteroatoms. The number of thioether (sulfide) groups is 2. The molecule has 6 unspecified atom stereocenters. The molecule has 0 radical (unpaired) electrons. The summed E-state index contributed by atoms with van der Waals surface area (Å²) in [7, 11) is 0. The lowest BCUT2D eigenvalue weighted by Gasteiger charge is -2.46. The Kier molecular flexibility index (Phi) is 15.4. The summed E-state index contributed by atoms with van der Waals surface area (Å²) in [6.45, 7) is 8.42. The maximum atomic E-state index is 12.6. The Balaban J connectivity index is 0.000000188. The van der Waals surface area contributed by atoms with Crippen molar-refractivity contribution in [1.29, 1.82) is 0 Å². The third kappa shape index (κ3) is 10.3. The number of ketones is 2. The van der Waals surface area contributed by atoms with Gasteiger partial charge in [-0.1, -0.05) is 50.0 Å². The Bertz CT molecular complexity index is 1230. The highest BCUT2D eigenvalue weighted by Crippen LogP contribution is 2.58. The molecule has 7 nitrogen and oxygen atoms in total. The van der Waals surface area contributed by atoms with Gasteiger partial charge in [0.2, 0.25) is 0 Å². The summed E-state index contributed by atoms with van der Waals surface area (Å²) in [6, 6.07) is 0. The van der Waals surface area contributed by atoms with E-state index in [9.17, 15) is 24.3 Å². The predicted octanol–water partition coefficient (Wildman–Crippen LogP) is 8.61. The van der Waals surface area contributed by atoms with Crippen LogP contribution in [-0.2, 0) is 23.9 Å². The van der Waals surface area contributed by atoms with E-state index < -0.39 is 5.97 Å². The molecule has 4 fully saturated rings. The summed E-state index contributed by atoms with van der Waals surface area (Å²) >= 11 is 3.11. The number of aliphatic hydroxyl groups is 1. The number of aliphatic hydroxyl groups excluding tert-OH is 1. The van der Waals surface area contributed by atoms with Gasteiger partial charge in [-0.25, -0.2) is 0 Å². The van der Waals surface area contributed by atoms with Gasteiger partial charge in [0.25, 0.3) is 0 Å². The first-order valence-corrected chi connectivity index (χ1v) is 21.4. The molecule has 0 aliphatic heterocycles. The molecule has 0 aromatic rings. The van der Waals surface area contributed by atoms with Gasteiger partial charge in [0.15, 0.2) is 0 Å². The minimum absolute atomic E-state index is 0.103. The molecular weight excluding hydrogens is 657 g/mol. The molecule has 4 bridgehead atoms. The molecular formula is C40H62O7S2. The van der Waals surface area contributed by atoms with Crippen molar-refractivity contribution in [2.24, 2.45) is 34.5 Å². The van der Waals surface area contributed by atoms with E-state index in [0.29, 0.717) is 17.3 Å². The standard InChI is InChI=1S/C20H30O3S.C15H22O2.C5H10O2S/c1-3-11-24-13-18(22)23-17-12-14(2)6-9-20-8-4-5-15(17)19(20)16(21)7-10-20;1-10-4-7-15-6-2-3-11(13(17)9-10)14(15)12(16)5-8-15;1-2-3-8-4-5(6)7/h6,15,17,19H,3-5,7-13H2,1-2H3;4,11,13-14,17H,2-3,5-9H2,1H3;2-4H2,1H3,(H,6,7)/b14-6-;10-4-;/t15?,17-,19?,20?;11?,13-,14?,15?;/m00./s1. The second-order valence-corrected chi connectivity index (χ2v) is 17.9. The Hall–Kier alpha value is -1.58. The fraction of sp³-hybridized carbons (Fsp3) is 0.800. The van der Waals surface area contributed by atoms with Crippen molar-refractivity contribution in [2.45, 2.75) is 143 Å². The van der Waals surface area contributed by atoms with Gasteiger partial charge in [-0.05, 0) is 113 Å². The smallest absolute Gasteiger partial charge is 0.316 e. The third-order valence-electron chi connectivity index (χ3n) is 12.2. The van der Waals surface area contributed by atoms with Crippen LogP contribution in [0, 0.1) is 34.5 Å². The molecule has 0 amide bonds. The van der Waals surface area contributed by atoms with Crippen molar-refractivity contribution in [3.63, 3.8) is 0 Å². The van der Waals surface area contributed by atoms with E-state index in [1.54, 1.807) is 11.8 Å². The summed E-state index contributed by atoms with van der Waals surface area (Å²) in [6.07, 6.45) is 20.4. The lowest BCUT2D eigenvalue weighted by Crippen LogP contribution is -2.45. The highest BCUT2D eigenvalue weighted by Gasteiger charge is 2.56. The number of carbonyl (C=O) groups is 4. The minimum Gasteiger partial charge on any atom is -0.481 e. The van der Waals surface area contributed by atoms with Crippen molar-refractivity contribution >= 4 is 47.0 Å². The number of ether oxygens (including phenoxy) is 1. The second-order valence-electron chi connectivity index (χ2n) is 15.7. The van der Waals surface area contributed by atoms with Crippen LogP contribution >= 0.6 is 23.5 Å². The maximum Gasteiger partial charge on any atom is 0.316 e. The molecule has 4 saturated carbocycles. The maximum absolute atomic E-state index is 12.6. The van der Waals surface area contributed by atoms with Crippen LogP contribution in [0.2, 0.25) is 0 Å². The number of rotatable bonds is 9. The van der Waals surface area contributed by atoms with Crippen LogP contribution in [-0.4, -0.2) is 68.9 Å². The number of aliphatic carboxylic acids is 1. The molecule has 6 aliphatic carbocycles. The van der Waals surface area contributed by atoms with Crippen molar-refractivity contribution in [1.82, 2.24) is 0 Å². The Morgan fingerprint density at radius 1 is 0.796 bits per heavy atom. The molecule has 6 aliphatic rings. The first kappa shape index (κ1) is 40.2. The lowest BCUT2D eigenvalue weighted by molar-refractivity contribution is -0.155. The molecule has 6 rings (SSSR count). The van der Waals surface area contributed by atoms with Crippen molar-refractivity contribution in [2.75, 3.05) is 23.0 Å². The molecule has 0 saturated heterocycles. The van der Waals surface area contributed by atoms with Crippen LogP contribution < -0.4 is 0 Å². The molecule has 0 aromatic heterocycles. The summed E-state index contributed by atoms with van der Waals surface area (Å²) < 4.78 is 5.93. The van der Waals surface area contributed by atoms with Gasteiger partial charge in [0.05, 0.1) is 17.6 Å². The Labute approximate surface area is 303 Å². The van der Waals surface area contributed by atoms with Crippen molar-refractivity contribution < 1.29 is 34.1 Å². The van der Waals surface area contributed by atoms with Crippen LogP contribution in [0.25, 0.3) is 0 Å². The van der Waals surface area contributed by atoms with E-state index >= 15 is 0 Å². The van der Waals surface area contributed by atoms with E-state index in [2.05, 4.69) is 32.9 Å². The molecule has 276 valence electrons. The third-order valence-corrected chi connectivity index (χ3v) is 14.5. The van der Waals surface area contributed by atoms with E-state index in [-0.39, 0.29) is 58.4 Å². The van der Waals surface area contributed by atoms with Gasteiger partial charge in [-0.15, -0.1) is 0 Å². The van der Waals surface area contributed by atoms with E-state index in [0.717, 1.165) is 95.0 Å². The molecule has 8 atom stereocenters. The zero-order valence-corrected chi connectivity index (χ0v) is 32.1. The van der Waals surface area contributed by atoms with Crippen molar-refractivity contribution in [3.8, 4) is 0 Å². The van der Waals surface area contributed by atoms with Gasteiger partial charge in [0.1, 0.15) is 17.7 Å². The second kappa shape index (κ2) is 18.8. The summed E-state index contributed by atoms with van der Waals surface area (Å²) in [5, 5.41) is 18.5. The van der Waals surface area contributed by atoms with E-state index in [4.69, 9.17) is 9.84 Å². The zero-order chi connectivity index (χ0) is 35.6. The minimum atomic E-state index is -0.719. The molecule has 0 heterocycles. The quantitative estimate of drug-likeness (QED) is 0.137. The SMILES string of the molecule is C/C1=C/CC23CCCC(C2C(=O)CC3)[C@@H](O)C1.CCCSCC(=O)O.CCCSCC(=O)O[C@H]1C/C(C)=C\CC23CCCC1C2C(=O)CC3. The van der Waals surface area contributed by atoms with Crippen LogP contribution in [0.5, 0.6) is 0 Å². The number of allylic oxidation sites excluding steroid dienone is 2. The monoisotopic (exact) mass is 718 g/mol. The zero-order valence-electron chi connectivity index (χ0n) is 30.5. The fourth-order valence-corrected chi connectivity index (χ4v) is 11.3. The number of carboxylic acid groups (broad SMARTS) is 1.